The highest BCUT2D eigenvalue weighted by atomic mass is 32.1. The van der Waals surface area contributed by atoms with Crippen LogP contribution in [0.5, 0.6) is 0 Å². The summed E-state index contributed by atoms with van der Waals surface area (Å²) in [6.45, 7) is 4.16. The van der Waals surface area contributed by atoms with Gasteiger partial charge in [0.15, 0.2) is 0 Å². The number of nitrogens with zero attached hydrogens (tertiary/aromatic N) is 1. The van der Waals surface area contributed by atoms with Crippen LogP contribution in [0.2, 0.25) is 0 Å². The van der Waals surface area contributed by atoms with Gasteiger partial charge in [0.25, 0.3) is 0 Å². The molecule has 1 N–H and O–H groups in total. The molecule has 1 atom stereocenters. The minimum Gasteiger partial charge on any atom is -0.326 e. The molecular weight excluding hydrogens is 280 g/mol. The summed E-state index contributed by atoms with van der Waals surface area (Å²) in [6.07, 6.45) is 3.67. The molecule has 0 radical (unpaired) electrons. The molecule has 2 aromatic rings. The van der Waals surface area contributed by atoms with E-state index in [0.29, 0.717) is 0 Å². The Morgan fingerprint density at radius 2 is 2.14 bits per heavy atom. The minimum atomic E-state index is 0.0724. The van der Waals surface area contributed by atoms with Crippen molar-refractivity contribution in [3.63, 3.8) is 0 Å². The SMILES string of the molecule is CCc1ccc(NC(=O)C2CCc3nc(C)sc3C2)cc1. The maximum atomic E-state index is 12.4. The zero-order valence-electron chi connectivity index (χ0n) is 12.5. The Labute approximate surface area is 129 Å². The molecule has 0 aliphatic heterocycles. The second-order valence-electron chi connectivity index (χ2n) is 5.58. The fraction of sp³-hybridized carbons (Fsp3) is 0.412. The average molecular weight is 300 g/mol. The fourth-order valence-corrected chi connectivity index (χ4v) is 3.86. The molecule has 1 unspecified atom stereocenters. The third kappa shape index (κ3) is 3.16. The lowest BCUT2D eigenvalue weighted by Gasteiger charge is -2.20. The number of carbonyl (C=O) groups is 1. The lowest BCUT2D eigenvalue weighted by Crippen LogP contribution is -2.27. The van der Waals surface area contributed by atoms with Crippen LogP contribution in [0, 0.1) is 12.8 Å². The average Bonchev–Trinajstić information content (AvgIpc) is 2.87. The normalized spacial score (nSPS) is 17.3. The maximum Gasteiger partial charge on any atom is 0.227 e. The Kier molecular flexibility index (Phi) is 4.06. The van der Waals surface area contributed by atoms with E-state index in [9.17, 15) is 4.79 Å². The summed E-state index contributed by atoms with van der Waals surface area (Å²) in [5.41, 5.74) is 3.38. The minimum absolute atomic E-state index is 0.0724. The first-order valence-corrected chi connectivity index (χ1v) is 8.32. The van der Waals surface area contributed by atoms with Gasteiger partial charge in [-0.1, -0.05) is 19.1 Å². The standard InChI is InChI=1S/C17H20N2OS/c1-3-12-4-7-14(8-5-12)19-17(20)13-6-9-15-16(10-13)21-11(2)18-15/h4-5,7-8,13H,3,6,9-10H2,1-2H3,(H,19,20). The third-order valence-electron chi connectivity index (χ3n) is 4.05. The van der Waals surface area contributed by atoms with Gasteiger partial charge in [0, 0.05) is 16.5 Å². The topological polar surface area (TPSA) is 42.0 Å². The maximum absolute atomic E-state index is 12.4. The summed E-state index contributed by atoms with van der Waals surface area (Å²) >= 11 is 1.73. The van der Waals surface area contributed by atoms with E-state index in [4.69, 9.17) is 0 Å². The van der Waals surface area contributed by atoms with E-state index < -0.39 is 0 Å². The van der Waals surface area contributed by atoms with Crippen LogP contribution in [-0.2, 0) is 24.1 Å². The summed E-state index contributed by atoms with van der Waals surface area (Å²) in [4.78, 5) is 18.2. The van der Waals surface area contributed by atoms with Gasteiger partial charge in [-0.15, -0.1) is 11.3 Å². The molecular formula is C17H20N2OS. The first kappa shape index (κ1) is 14.3. The fourth-order valence-electron chi connectivity index (χ4n) is 2.80. The van der Waals surface area contributed by atoms with Crippen LogP contribution in [0.3, 0.4) is 0 Å². The molecule has 4 heteroatoms. The number of hydrogen-bond acceptors (Lipinski definition) is 3. The summed E-state index contributed by atoms with van der Waals surface area (Å²) in [6, 6.07) is 8.12. The van der Waals surface area contributed by atoms with Crippen LogP contribution in [0.15, 0.2) is 24.3 Å². The van der Waals surface area contributed by atoms with Crippen LogP contribution in [-0.4, -0.2) is 10.9 Å². The van der Waals surface area contributed by atoms with Gasteiger partial charge in [0.1, 0.15) is 0 Å². The largest absolute Gasteiger partial charge is 0.326 e. The smallest absolute Gasteiger partial charge is 0.227 e. The van der Waals surface area contributed by atoms with E-state index in [0.717, 1.165) is 36.4 Å². The Morgan fingerprint density at radius 3 is 2.86 bits per heavy atom. The number of aryl methyl sites for hydroxylation is 3. The zero-order chi connectivity index (χ0) is 14.8. The molecule has 0 bridgehead atoms. The summed E-state index contributed by atoms with van der Waals surface area (Å²) < 4.78 is 0. The molecule has 0 fully saturated rings. The molecule has 0 saturated heterocycles. The van der Waals surface area contributed by atoms with E-state index >= 15 is 0 Å². The second kappa shape index (κ2) is 5.98. The number of benzene rings is 1. The van der Waals surface area contributed by atoms with Crippen molar-refractivity contribution in [2.45, 2.75) is 39.5 Å². The van der Waals surface area contributed by atoms with Crippen LogP contribution in [0.25, 0.3) is 0 Å². The van der Waals surface area contributed by atoms with Gasteiger partial charge in [0.05, 0.1) is 10.7 Å². The Morgan fingerprint density at radius 1 is 1.38 bits per heavy atom. The first-order valence-electron chi connectivity index (χ1n) is 7.50. The number of hydrogen-bond donors (Lipinski definition) is 1. The van der Waals surface area contributed by atoms with Gasteiger partial charge >= 0.3 is 0 Å². The molecule has 1 aromatic carbocycles. The summed E-state index contributed by atoms with van der Waals surface area (Å²) in [5, 5.41) is 4.15. The molecule has 1 aromatic heterocycles. The van der Waals surface area contributed by atoms with Crippen molar-refractivity contribution < 1.29 is 4.79 Å². The van der Waals surface area contributed by atoms with E-state index in [-0.39, 0.29) is 11.8 Å². The van der Waals surface area contributed by atoms with E-state index in [1.54, 1.807) is 11.3 Å². The van der Waals surface area contributed by atoms with E-state index in [1.165, 1.54) is 16.1 Å². The van der Waals surface area contributed by atoms with Crippen LogP contribution < -0.4 is 5.32 Å². The number of fused-ring (bicyclic) bond motifs is 1. The summed E-state index contributed by atoms with van der Waals surface area (Å²) in [5.74, 6) is 0.208. The van der Waals surface area contributed by atoms with Gasteiger partial charge in [-0.05, 0) is 50.3 Å². The molecule has 1 heterocycles. The van der Waals surface area contributed by atoms with Crippen molar-refractivity contribution in [1.82, 2.24) is 4.98 Å². The molecule has 0 spiro atoms. The third-order valence-corrected chi connectivity index (χ3v) is 5.08. The van der Waals surface area contributed by atoms with Gasteiger partial charge in [-0.2, -0.15) is 0 Å². The Balaban J connectivity index is 1.66. The van der Waals surface area contributed by atoms with Crippen molar-refractivity contribution in [2.24, 2.45) is 5.92 Å². The van der Waals surface area contributed by atoms with E-state index in [1.807, 2.05) is 19.1 Å². The van der Waals surface area contributed by atoms with Crippen molar-refractivity contribution in [1.29, 1.82) is 0 Å². The molecule has 110 valence electrons. The lowest BCUT2D eigenvalue weighted by molar-refractivity contribution is -0.120. The number of thiazole rings is 1. The number of nitrogens with one attached hydrogen (secondary N) is 1. The first-order chi connectivity index (χ1) is 10.2. The quantitative estimate of drug-likeness (QED) is 0.938. The van der Waals surface area contributed by atoms with Crippen LogP contribution in [0.1, 0.15) is 34.5 Å². The van der Waals surface area contributed by atoms with Gasteiger partial charge in [0.2, 0.25) is 5.91 Å². The predicted molar refractivity (Wildman–Crippen MR) is 86.8 cm³/mol. The van der Waals surface area contributed by atoms with Crippen molar-refractivity contribution in [2.75, 3.05) is 5.32 Å². The van der Waals surface area contributed by atoms with Gasteiger partial charge in [-0.25, -0.2) is 4.98 Å². The molecule has 1 aliphatic rings. The van der Waals surface area contributed by atoms with Crippen molar-refractivity contribution >= 4 is 22.9 Å². The molecule has 1 aliphatic carbocycles. The van der Waals surface area contributed by atoms with E-state index in [2.05, 4.69) is 29.4 Å². The lowest BCUT2D eigenvalue weighted by atomic mass is 9.90. The molecule has 21 heavy (non-hydrogen) atoms. The number of rotatable bonds is 3. The van der Waals surface area contributed by atoms with Crippen LogP contribution in [0.4, 0.5) is 5.69 Å². The summed E-state index contributed by atoms with van der Waals surface area (Å²) in [7, 11) is 0. The van der Waals surface area contributed by atoms with Gasteiger partial charge in [-0.3, -0.25) is 4.79 Å². The highest BCUT2D eigenvalue weighted by Gasteiger charge is 2.27. The highest BCUT2D eigenvalue weighted by Crippen LogP contribution is 2.30. The molecule has 1 amide bonds. The highest BCUT2D eigenvalue weighted by molar-refractivity contribution is 7.11. The Bertz CT molecular complexity index is 645. The monoisotopic (exact) mass is 300 g/mol. The van der Waals surface area contributed by atoms with Crippen molar-refractivity contribution in [3.8, 4) is 0 Å². The van der Waals surface area contributed by atoms with Gasteiger partial charge < -0.3 is 5.32 Å². The van der Waals surface area contributed by atoms with Crippen molar-refractivity contribution in [3.05, 3.63) is 45.4 Å². The molecule has 3 nitrogen and oxygen atoms in total. The number of carbonyl (C=O) groups excluding carboxylic acids is 1. The second-order valence-corrected chi connectivity index (χ2v) is 6.87. The predicted octanol–water partition coefficient (Wildman–Crippen LogP) is 3.76. The number of aromatic nitrogens is 1. The molecule has 3 rings (SSSR count). The Hall–Kier alpha value is -1.68. The van der Waals surface area contributed by atoms with Crippen LogP contribution >= 0.6 is 11.3 Å². The zero-order valence-corrected chi connectivity index (χ0v) is 13.3. The molecule has 0 saturated carbocycles. The number of amides is 1. The number of anilines is 1.